The molecule has 1 spiro atoms. The van der Waals surface area contributed by atoms with Crippen molar-refractivity contribution in [2.45, 2.75) is 19.3 Å². The summed E-state index contributed by atoms with van der Waals surface area (Å²) in [6.07, 6.45) is -0.928. The Bertz CT molecular complexity index is 1210. The lowest BCUT2D eigenvalue weighted by Gasteiger charge is -2.32. The molecule has 0 radical (unpaired) electrons. The van der Waals surface area contributed by atoms with Crippen molar-refractivity contribution in [1.29, 1.82) is 5.26 Å². The summed E-state index contributed by atoms with van der Waals surface area (Å²) < 4.78 is 15.7. The largest absolute Gasteiger partial charge is 0.449 e. The third-order valence-electron chi connectivity index (χ3n) is 4.89. The number of nitriles is 1. The van der Waals surface area contributed by atoms with Crippen LogP contribution in [-0.2, 0) is 14.9 Å². The molecule has 2 N–H and O–H groups in total. The molecule has 0 saturated heterocycles. The number of aryl methyl sites for hydroxylation is 1. The van der Waals surface area contributed by atoms with Gasteiger partial charge >= 0.3 is 11.7 Å². The highest BCUT2D eigenvalue weighted by atomic mass is 16.6. The van der Waals surface area contributed by atoms with Crippen LogP contribution in [0.25, 0.3) is 0 Å². The number of para-hydroxylation sites is 1. The summed E-state index contributed by atoms with van der Waals surface area (Å²) in [5, 5.41) is 9.84. The lowest BCUT2D eigenvalue weighted by molar-refractivity contribution is -0.120. The van der Waals surface area contributed by atoms with E-state index in [1.54, 1.807) is 25.1 Å². The summed E-state index contributed by atoms with van der Waals surface area (Å²) in [6.45, 7) is 3.16. The van der Waals surface area contributed by atoms with Gasteiger partial charge in [0.1, 0.15) is 28.7 Å². The fourth-order valence-electron chi connectivity index (χ4n) is 3.85. The molecule has 9 heteroatoms. The van der Waals surface area contributed by atoms with Gasteiger partial charge in [0, 0.05) is 11.6 Å². The van der Waals surface area contributed by atoms with Gasteiger partial charge in [-0.15, -0.1) is 0 Å². The van der Waals surface area contributed by atoms with Crippen LogP contribution in [0.5, 0.6) is 5.75 Å². The van der Waals surface area contributed by atoms with E-state index in [0.29, 0.717) is 0 Å². The zero-order valence-corrected chi connectivity index (χ0v) is 15.5. The minimum atomic E-state index is -1.98. The van der Waals surface area contributed by atoms with E-state index < -0.39 is 23.0 Å². The molecular formula is C20H15N3O6. The van der Waals surface area contributed by atoms with Crippen molar-refractivity contribution < 1.29 is 23.5 Å². The number of ether oxygens (including phenoxy) is 2. The standard InChI is InChI=1S/C20H15N3O6/c1-3-27-19(26)23-13-7-5-4-6-11(13)20(18(23)25)12(9-21)16(22)29-14-8-10(2)28-17(24)15(14)20/h4-8H,3,22H2,1-2H3. The minimum Gasteiger partial charge on any atom is -0.449 e. The molecule has 1 aromatic carbocycles. The van der Waals surface area contributed by atoms with Gasteiger partial charge in [0.05, 0.1) is 12.3 Å². The predicted molar refractivity (Wildman–Crippen MR) is 98.9 cm³/mol. The highest BCUT2D eigenvalue weighted by Gasteiger charge is 2.62. The summed E-state index contributed by atoms with van der Waals surface area (Å²) in [5.41, 5.74) is 3.03. The predicted octanol–water partition coefficient (Wildman–Crippen LogP) is 1.82. The molecule has 0 aliphatic carbocycles. The smallest absolute Gasteiger partial charge is 0.421 e. The molecular weight excluding hydrogens is 378 g/mol. The highest BCUT2D eigenvalue weighted by Crippen LogP contribution is 2.54. The Balaban J connectivity index is 2.15. The van der Waals surface area contributed by atoms with Gasteiger partial charge < -0.3 is 19.6 Å². The van der Waals surface area contributed by atoms with E-state index in [9.17, 15) is 19.6 Å². The number of nitrogens with two attached hydrogens (primary N) is 1. The van der Waals surface area contributed by atoms with Crippen LogP contribution in [-0.4, -0.2) is 18.6 Å². The Hall–Kier alpha value is -4.06. The average molecular weight is 393 g/mol. The third kappa shape index (κ3) is 2.23. The first-order valence-corrected chi connectivity index (χ1v) is 8.72. The molecule has 0 saturated carbocycles. The molecule has 3 heterocycles. The molecule has 2 amide bonds. The molecule has 1 atom stereocenters. The number of amides is 2. The molecule has 146 valence electrons. The number of rotatable bonds is 1. The summed E-state index contributed by atoms with van der Waals surface area (Å²) >= 11 is 0. The Morgan fingerprint density at radius 2 is 2.07 bits per heavy atom. The molecule has 0 fully saturated rings. The van der Waals surface area contributed by atoms with Crippen LogP contribution in [0.3, 0.4) is 0 Å². The van der Waals surface area contributed by atoms with Crippen LogP contribution >= 0.6 is 0 Å². The van der Waals surface area contributed by atoms with E-state index in [2.05, 4.69) is 0 Å². The summed E-state index contributed by atoms with van der Waals surface area (Å²) in [7, 11) is 0. The number of carbonyl (C=O) groups is 2. The van der Waals surface area contributed by atoms with Crippen molar-refractivity contribution in [1.82, 2.24) is 0 Å². The molecule has 1 aromatic heterocycles. The second kappa shape index (κ2) is 6.24. The Morgan fingerprint density at radius 3 is 2.76 bits per heavy atom. The van der Waals surface area contributed by atoms with Gasteiger partial charge in [-0.05, 0) is 19.9 Å². The second-order valence-electron chi connectivity index (χ2n) is 6.44. The first-order valence-electron chi connectivity index (χ1n) is 8.72. The van der Waals surface area contributed by atoms with E-state index in [0.717, 1.165) is 4.90 Å². The van der Waals surface area contributed by atoms with E-state index >= 15 is 0 Å². The number of hydrogen-bond acceptors (Lipinski definition) is 8. The van der Waals surface area contributed by atoms with E-state index in [1.807, 2.05) is 6.07 Å². The second-order valence-corrected chi connectivity index (χ2v) is 6.44. The maximum absolute atomic E-state index is 13.7. The first kappa shape index (κ1) is 18.3. The lowest BCUT2D eigenvalue weighted by atomic mass is 9.69. The zero-order chi connectivity index (χ0) is 20.9. The number of hydrogen-bond donors (Lipinski definition) is 1. The van der Waals surface area contributed by atoms with Crippen molar-refractivity contribution in [2.24, 2.45) is 5.73 Å². The molecule has 2 aromatic rings. The monoisotopic (exact) mass is 393 g/mol. The maximum atomic E-state index is 13.7. The third-order valence-corrected chi connectivity index (χ3v) is 4.89. The van der Waals surface area contributed by atoms with Gasteiger partial charge in [0.15, 0.2) is 5.41 Å². The Morgan fingerprint density at radius 1 is 1.34 bits per heavy atom. The fraction of sp³-hybridized carbons (Fsp3) is 0.200. The molecule has 2 aliphatic rings. The maximum Gasteiger partial charge on any atom is 0.421 e. The van der Waals surface area contributed by atoms with Crippen LogP contribution < -0.4 is 21.0 Å². The van der Waals surface area contributed by atoms with Crippen LogP contribution in [0.1, 0.15) is 23.8 Å². The number of nitrogens with zero attached hydrogens (tertiary/aromatic N) is 2. The molecule has 1 unspecified atom stereocenters. The van der Waals surface area contributed by atoms with E-state index in [1.165, 1.54) is 19.1 Å². The van der Waals surface area contributed by atoms with Gasteiger partial charge in [-0.2, -0.15) is 5.26 Å². The van der Waals surface area contributed by atoms with Gasteiger partial charge in [0.25, 0.3) is 5.91 Å². The van der Waals surface area contributed by atoms with Crippen LogP contribution in [0.2, 0.25) is 0 Å². The van der Waals surface area contributed by atoms with Gasteiger partial charge in [0.2, 0.25) is 5.88 Å². The normalized spacial score (nSPS) is 19.5. The SMILES string of the molecule is CCOC(=O)N1C(=O)C2(C(C#N)=C(N)Oc3cc(C)oc(=O)c32)c2ccccc21. The number of fused-ring (bicyclic) bond motifs is 4. The quantitative estimate of drug-likeness (QED) is 0.775. The molecule has 9 nitrogen and oxygen atoms in total. The van der Waals surface area contributed by atoms with E-state index in [-0.39, 0.29) is 46.4 Å². The summed E-state index contributed by atoms with van der Waals surface area (Å²) in [4.78, 5) is 40.0. The van der Waals surface area contributed by atoms with Crippen molar-refractivity contribution in [3.8, 4) is 11.8 Å². The zero-order valence-electron chi connectivity index (χ0n) is 15.5. The van der Waals surface area contributed by atoms with Gasteiger partial charge in [-0.1, -0.05) is 18.2 Å². The van der Waals surface area contributed by atoms with Gasteiger partial charge in [-0.3, -0.25) is 4.79 Å². The number of carbonyl (C=O) groups excluding carboxylic acids is 2. The topological polar surface area (TPSA) is 136 Å². The van der Waals surface area contributed by atoms with E-state index in [4.69, 9.17) is 19.6 Å². The average Bonchev–Trinajstić information content (AvgIpc) is 2.91. The van der Waals surface area contributed by atoms with Crippen LogP contribution in [0.15, 0.2) is 51.0 Å². The summed E-state index contributed by atoms with van der Waals surface area (Å²) in [6, 6.07) is 9.60. The lowest BCUT2D eigenvalue weighted by Crippen LogP contribution is -2.50. The van der Waals surface area contributed by atoms with Crippen molar-refractivity contribution in [3.63, 3.8) is 0 Å². The number of benzene rings is 1. The number of imide groups is 1. The molecule has 4 rings (SSSR count). The van der Waals surface area contributed by atoms with Crippen molar-refractivity contribution in [2.75, 3.05) is 11.5 Å². The van der Waals surface area contributed by atoms with Crippen molar-refractivity contribution >= 4 is 17.7 Å². The Labute approximate surface area is 164 Å². The minimum absolute atomic E-state index is 0.0101. The summed E-state index contributed by atoms with van der Waals surface area (Å²) in [5.74, 6) is -0.974. The fourth-order valence-corrected chi connectivity index (χ4v) is 3.85. The van der Waals surface area contributed by atoms with Crippen molar-refractivity contribution in [3.05, 3.63) is 69.1 Å². The van der Waals surface area contributed by atoms with Crippen LogP contribution in [0.4, 0.5) is 10.5 Å². The first-order chi connectivity index (χ1) is 13.9. The Kier molecular flexibility index (Phi) is 3.94. The van der Waals surface area contributed by atoms with Gasteiger partial charge in [-0.25, -0.2) is 14.5 Å². The molecule has 2 aliphatic heterocycles. The molecule has 0 bridgehead atoms. The van der Waals surface area contributed by atoms with Crippen LogP contribution in [0, 0.1) is 18.3 Å². The molecule has 29 heavy (non-hydrogen) atoms. The number of anilines is 1. The highest BCUT2D eigenvalue weighted by molar-refractivity contribution is 6.24.